The summed E-state index contributed by atoms with van der Waals surface area (Å²) in [6.07, 6.45) is 0. The maximum Gasteiger partial charge on any atom is 0.338 e. The van der Waals surface area contributed by atoms with Gasteiger partial charge >= 0.3 is 17.9 Å². The number of aliphatic carboxylic acids is 2. The number of aryl methyl sites for hydroxylation is 1. The molecule has 2 N–H and O–H groups in total. The minimum absolute atomic E-state index is 0.218. The molecular weight excluding hydrogens is 278 g/mol. The SMILES string of the molecule is CCOC(=O)c1ccc(C)c(N(CC(=O)O)CC(=O)O)c1. The molecule has 0 heterocycles. The predicted octanol–water partition coefficient (Wildman–Crippen LogP) is 1.15. The summed E-state index contributed by atoms with van der Waals surface area (Å²) >= 11 is 0. The van der Waals surface area contributed by atoms with Crippen molar-refractivity contribution in [2.45, 2.75) is 13.8 Å². The Labute approximate surface area is 121 Å². The van der Waals surface area contributed by atoms with Gasteiger partial charge in [-0.05, 0) is 31.5 Å². The van der Waals surface area contributed by atoms with Gasteiger partial charge in [-0.1, -0.05) is 6.07 Å². The summed E-state index contributed by atoms with van der Waals surface area (Å²) in [5.74, 6) is -2.85. The number of hydrogen-bond acceptors (Lipinski definition) is 5. The van der Waals surface area contributed by atoms with Gasteiger partial charge in [0.1, 0.15) is 13.1 Å². The molecule has 0 aliphatic rings. The van der Waals surface area contributed by atoms with Crippen molar-refractivity contribution in [3.05, 3.63) is 29.3 Å². The van der Waals surface area contributed by atoms with Crippen LogP contribution in [0.4, 0.5) is 5.69 Å². The number of rotatable bonds is 7. The molecule has 21 heavy (non-hydrogen) atoms. The van der Waals surface area contributed by atoms with Crippen LogP contribution in [0.2, 0.25) is 0 Å². The lowest BCUT2D eigenvalue weighted by Crippen LogP contribution is -2.35. The number of carbonyl (C=O) groups excluding carboxylic acids is 1. The molecule has 7 nitrogen and oxygen atoms in total. The second-order valence-corrected chi connectivity index (χ2v) is 4.37. The molecule has 0 aliphatic heterocycles. The lowest BCUT2D eigenvalue weighted by atomic mass is 10.1. The largest absolute Gasteiger partial charge is 0.480 e. The number of benzene rings is 1. The zero-order valence-corrected chi connectivity index (χ0v) is 11.8. The maximum absolute atomic E-state index is 11.7. The summed E-state index contributed by atoms with van der Waals surface area (Å²) in [5.41, 5.74) is 1.30. The highest BCUT2D eigenvalue weighted by Gasteiger charge is 2.18. The van der Waals surface area contributed by atoms with E-state index in [2.05, 4.69) is 0 Å². The summed E-state index contributed by atoms with van der Waals surface area (Å²) in [5, 5.41) is 17.8. The Hall–Kier alpha value is -2.57. The van der Waals surface area contributed by atoms with Gasteiger partial charge in [0, 0.05) is 5.69 Å². The average molecular weight is 295 g/mol. The van der Waals surface area contributed by atoms with Gasteiger partial charge in [-0.3, -0.25) is 9.59 Å². The Balaban J connectivity index is 3.16. The van der Waals surface area contributed by atoms with Crippen LogP contribution in [0.5, 0.6) is 0 Å². The Morgan fingerprint density at radius 2 is 1.71 bits per heavy atom. The minimum Gasteiger partial charge on any atom is -0.480 e. The van der Waals surface area contributed by atoms with Gasteiger partial charge in [0.05, 0.1) is 12.2 Å². The molecule has 0 atom stereocenters. The highest BCUT2D eigenvalue weighted by Crippen LogP contribution is 2.22. The zero-order chi connectivity index (χ0) is 16.0. The summed E-state index contributed by atoms with van der Waals surface area (Å²) in [6, 6.07) is 4.62. The van der Waals surface area contributed by atoms with Gasteiger partial charge in [-0.15, -0.1) is 0 Å². The number of ether oxygens (including phenoxy) is 1. The van der Waals surface area contributed by atoms with Crippen molar-refractivity contribution >= 4 is 23.6 Å². The fourth-order valence-electron chi connectivity index (χ4n) is 1.84. The highest BCUT2D eigenvalue weighted by molar-refractivity contribution is 5.91. The van der Waals surface area contributed by atoms with Crippen LogP contribution in [-0.4, -0.2) is 47.8 Å². The summed E-state index contributed by atoms with van der Waals surface area (Å²) in [7, 11) is 0. The molecule has 0 radical (unpaired) electrons. The van der Waals surface area contributed by atoms with Crippen LogP contribution in [0.3, 0.4) is 0 Å². The third-order valence-electron chi connectivity index (χ3n) is 2.71. The number of hydrogen-bond donors (Lipinski definition) is 2. The fraction of sp³-hybridized carbons (Fsp3) is 0.357. The average Bonchev–Trinajstić information content (AvgIpc) is 2.37. The fourth-order valence-corrected chi connectivity index (χ4v) is 1.84. The molecule has 1 aromatic rings. The van der Waals surface area contributed by atoms with Crippen LogP contribution in [-0.2, 0) is 14.3 Å². The van der Waals surface area contributed by atoms with Gasteiger partial charge in [-0.2, -0.15) is 0 Å². The van der Waals surface area contributed by atoms with Crippen LogP contribution in [0.25, 0.3) is 0 Å². The molecule has 0 fully saturated rings. The van der Waals surface area contributed by atoms with E-state index in [4.69, 9.17) is 14.9 Å². The molecule has 1 aromatic carbocycles. The summed E-state index contributed by atoms with van der Waals surface area (Å²) in [4.78, 5) is 34.6. The molecule has 0 spiro atoms. The van der Waals surface area contributed by atoms with Crippen LogP contribution < -0.4 is 4.90 Å². The molecule has 7 heteroatoms. The summed E-state index contributed by atoms with van der Waals surface area (Å²) < 4.78 is 4.87. The van der Waals surface area contributed by atoms with E-state index >= 15 is 0 Å². The Bertz CT molecular complexity index is 538. The van der Waals surface area contributed by atoms with Gasteiger partial charge in [0.2, 0.25) is 0 Å². The van der Waals surface area contributed by atoms with E-state index < -0.39 is 31.0 Å². The van der Waals surface area contributed by atoms with Crippen LogP contribution in [0.15, 0.2) is 18.2 Å². The first-order valence-electron chi connectivity index (χ1n) is 6.31. The number of carbonyl (C=O) groups is 3. The third kappa shape index (κ3) is 4.79. The molecule has 0 aliphatic carbocycles. The number of nitrogens with zero attached hydrogens (tertiary/aromatic N) is 1. The monoisotopic (exact) mass is 295 g/mol. The normalized spacial score (nSPS) is 10.0. The molecule has 114 valence electrons. The molecule has 0 saturated carbocycles. The van der Waals surface area contributed by atoms with Crippen molar-refractivity contribution < 1.29 is 29.3 Å². The van der Waals surface area contributed by atoms with Gasteiger partial charge < -0.3 is 19.8 Å². The lowest BCUT2D eigenvalue weighted by Gasteiger charge is -2.23. The second-order valence-electron chi connectivity index (χ2n) is 4.37. The highest BCUT2D eigenvalue weighted by atomic mass is 16.5. The Morgan fingerprint density at radius 1 is 1.14 bits per heavy atom. The van der Waals surface area contributed by atoms with Crippen molar-refractivity contribution in [1.82, 2.24) is 0 Å². The first-order chi connectivity index (χ1) is 9.85. The molecule has 0 unspecified atom stereocenters. The van der Waals surface area contributed by atoms with Crippen molar-refractivity contribution in [3.8, 4) is 0 Å². The van der Waals surface area contributed by atoms with Crippen LogP contribution in [0.1, 0.15) is 22.8 Å². The Morgan fingerprint density at radius 3 is 2.19 bits per heavy atom. The molecule has 0 amide bonds. The smallest absolute Gasteiger partial charge is 0.338 e. The number of anilines is 1. The van der Waals surface area contributed by atoms with E-state index in [9.17, 15) is 14.4 Å². The van der Waals surface area contributed by atoms with Crippen molar-refractivity contribution in [2.75, 3.05) is 24.6 Å². The standard InChI is InChI=1S/C14H17NO6/c1-3-21-14(20)10-5-4-9(2)11(6-10)15(7-12(16)17)8-13(18)19/h4-6H,3,7-8H2,1-2H3,(H,16,17)(H,18,19). The van der Waals surface area contributed by atoms with E-state index in [1.807, 2.05) is 0 Å². The molecular formula is C14H17NO6. The van der Waals surface area contributed by atoms with E-state index in [1.165, 1.54) is 11.0 Å². The maximum atomic E-state index is 11.7. The van der Waals surface area contributed by atoms with Gasteiger partial charge in [-0.25, -0.2) is 4.79 Å². The number of carboxylic acids is 2. The molecule has 0 bridgehead atoms. The van der Waals surface area contributed by atoms with Gasteiger partial charge in [0.15, 0.2) is 0 Å². The van der Waals surface area contributed by atoms with Crippen molar-refractivity contribution in [3.63, 3.8) is 0 Å². The molecule has 0 aromatic heterocycles. The van der Waals surface area contributed by atoms with E-state index in [1.54, 1.807) is 26.0 Å². The van der Waals surface area contributed by atoms with Crippen molar-refractivity contribution in [2.24, 2.45) is 0 Å². The van der Waals surface area contributed by atoms with E-state index in [0.29, 0.717) is 11.3 Å². The van der Waals surface area contributed by atoms with E-state index in [-0.39, 0.29) is 12.2 Å². The van der Waals surface area contributed by atoms with Crippen LogP contribution >= 0.6 is 0 Å². The van der Waals surface area contributed by atoms with Crippen LogP contribution in [0, 0.1) is 6.92 Å². The second kappa shape index (κ2) is 7.28. The first kappa shape index (κ1) is 16.5. The predicted molar refractivity (Wildman–Crippen MR) is 74.6 cm³/mol. The Kier molecular flexibility index (Phi) is 5.71. The first-order valence-corrected chi connectivity index (χ1v) is 6.31. The number of carboxylic acid groups (broad SMARTS) is 2. The van der Waals surface area contributed by atoms with Gasteiger partial charge in [0.25, 0.3) is 0 Å². The number of esters is 1. The topological polar surface area (TPSA) is 104 Å². The summed E-state index contributed by atoms with van der Waals surface area (Å²) in [6.45, 7) is 2.66. The van der Waals surface area contributed by atoms with Crippen molar-refractivity contribution in [1.29, 1.82) is 0 Å². The minimum atomic E-state index is -1.16. The third-order valence-corrected chi connectivity index (χ3v) is 2.71. The molecule has 1 rings (SSSR count). The zero-order valence-electron chi connectivity index (χ0n) is 11.8. The molecule has 0 saturated heterocycles. The quantitative estimate of drug-likeness (QED) is 0.727. The lowest BCUT2D eigenvalue weighted by molar-refractivity contribution is -0.136. The van der Waals surface area contributed by atoms with E-state index in [0.717, 1.165) is 0 Å².